The molecule has 0 atom stereocenters. The Morgan fingerprint density at radius 3 is 2.77 bits per heavy atom. The van der Waals surface area contributed by atoms with E-state index in [1.807, 2.05) is 55.6 Å². The number of aromatic amines is 1. The van der Waals surface area contributed by atoms with Crippen molar-refractivity contribution in [1.29, 1.82) is 0 Å². The predicted octanol–water partition coefficient (Wildman–Crippen LogP) is 4.82. The summed E-state index contributed by atoms with van der Waals surface area (Å²) in [6.45, 7) is 5.07. The maximum Gasteiger partial charge on any atom is 0.240 e. The maximum absolute atomic E-state index is 12.6. The summed E-state index contributed by atoms with van der Waals surface area (Å²) < 4.78 is 7.57. The first-order valence-corrected chi connectivity index (χ1v) is 11.8. The van der Waals surface area contributed by atoms with E-state index in [-0.39, 0.29) is 12.5 Å². The van der Waals surface area contributed by atoms with E-state index in [1.165, 1.54) is 0 Å². The molecule has 3 heterocycles. The summed E-state index contributed by atoms with van der Waals surface area (Å²) in [4.78, 5) is 19.3. The monoisotopic (exact) mass is 471 g/mol. The van der Waals surface area contributed by atoms with Crippen LogP contribution in [0.5, 0.6) is 5.75 Å². The van der Waals surface area contributed by atoms with E-state index in [0.29, 0.717) is 23.7 Å². The summed E-state index contributed by atoms with van der Waals surface area (Å²) in [5.41, 5.74) is 1.83. The van der Waals surface area contributed by atoms with Gasteiger partial charge < -0.3 is 10.1 Å². The Labute approximate surface area is 192 Å². The molecule has 160 valence electrons. The first kappa shape index (κ1) is 21.4. The SMILES string of the molecule is CCOc1ccc(-c2n[nH]c(=S)n2CC(=O)NCc2ccc(-c3csc(C)n3)s2)cc1. The van der Waals surface area contributed by atoms with Crippen molar-refractivity contribution < 1.29 is 9.53 Å². The number of rotatable bonds is 8. The van der Waals surface area contributed by atoms with Crippen LogP contribution < -0.4 is 10.1 Å². The molecule has 0 aliphatic carbocycles. The Morgan fingerprint density at radius 1 is 1.26 bits per heavy atom. The maximum atomic E-state index is 12.6. The fourth-order valence-electron chi connectivity index (χ4n) is 3.02. The molecule has 0 saturated carbocycles. The van der Waals surface area contributed by atoms with Crippen molar-refractivity contribution in [3.8, 4) is 27.7 Å². The summed E-state index contributed by atoms with van der Waals surface area (Å²) >= 11 is 8.59. The first-order chi connectivity index (χ1) is 15.0. The van der Waals surface area contributed by atoms with Crippen LogP contribution in [0.2, 0.25) is 0 Å². The van der Waals surface area contributed by atoms with E-state index in [4.69, 9.17) is 17.0 Å². The standard InChI is InChI=1S/C21H21N5O2S3/c1-3-28-15-6-4-14(5-7-15)20-24-25-21(29)26(20)11-19(27)22-10-16-8-9-18(31-16)17-12-30-13(2)23-17/h4-9,12H,3,10-11H2,1-2H3,(H,22,27)(H,25,29). The van der Waals surface area contributed by atoms with E-state index < -0.39 is 0 Å². The number of hydrogen-bond donors (Lipinski definition) is 2. The number of ether oxygens (including phenoxy) is 1. The van der Waals surface area contributed by atoms with Crippen LogP contribution in [0.3, 0.4) is 0 Å². The van der Waals surface area contributed by atoms with Gasteiger partial charge in [-0.3, -0.25) is 14.5 Å². The van der Waals surface area contributed by atoms with Crippen LogP contribution in [0.1, 0.15) is 16.8 Å². The second-order valence-electron chi connectivity index (χ2n) is 6.69. The van der Waals surface area contributed by atoms with Crippen molar-refractivity contribution in [3.63, 3.8) is 0 Å². The van der Waals surface area contributed by atoms with Crippen LogP contribution in [-0.4, -0.2) is 32.3 Å². The van der Waals surface area contributed by atoms with Gasteiger partial charge in [-0.05, 0) is 62.5 Å². The third-order valence-electron chi connectivity index (χ3n) is 4.48. The Hall–Kier alpha value is -2.82. The molecule has 0 aliphatic heterocycles. The lowest BCUT2D eigenvalue weighted by Gasteiger charge is -2.08. The smallest absolute Gasteiger partial charge is 0.240 e. The average Bonchev–Trinajstić information content (AvgIpc) is 3.49. The minimum Gasteiger partial charge on any atom is -0.494 e. The largest absolute Gasteiger partial charge is 0.494 e. The highest BCUT2D eigenvalue weighted by Crippen LogP contribution is 2.29. The zero-order valence-electron chi connectivity index (χ0n) is 17.0. The molecule has 4 aromatic rings. The average molecular weight is 472 g/mol. The predicted molar refractivity (Wildman–Crippen MR) is 126 cm³/mol. The minimum absolute atomic E-state index is 0.0847. The molecule has 0 radical (unpaired) electrons. The molecule has 4 rings (SSSR count). The summed E-state index contributed by atoms with van der Waals surface area (Å²) in [6.07, 6.45) is 0. The molecular formula is C21H21N5O2S3. The van der Waals surface area contributed by atoms with Gasteiger partial charge >= 0.3 is 0 Å². The lowest BCUT2D eigenvalue weighted by Crippen LogP contribution is -2.27. The van der Waals surface area contributed by atoms with Crippen LogP contribution in [0.15, 0.2) is 41.8 Å². The van der Waals surface area contributed by atoms with Crippen molar-refractivity contribution in [2.75, 3.05) is 6.61 Å². The molecule has 1 amide bonds. The van der Waals surface area contributed by atoms with Gasteiger partial charge in [-0.2, -0.15) is 5.10 Å². The number of nitrogens with one attached hydrogen (secondary N) is 2. The van der Waals surface area contributed by atoms with Gasteiger partial charge in [0.15, 0.2) is 10.6 Å². The second kappa shape index (κ2) is 9.54. The van der Waals surface area contributed by atoms with Crippen molar-refractivity contribution in [3.05, 3.63) is 56.4 Å². The summed E-state index contributed by atoms with van der Waals surface area (Å²) in [6, 6.07) is 11.6. The van der Waals surface area contributed by atoms with Gasteiger partial charge in [0.2, 0.25) is 5.91 Å². The molecule has 0 saturated heterocycles. The van der Waals surface area contributed by atoms with Crippen LogP contribution >= 0.6 is 34.9 Å². The number of hydrogen-bond acceptors (Lipinski definition) is 7. The molecule has 0 unspecified atom stereocenters. The zero-order valence-corrected chi connectivity index (χ0v) is 19.5. The third kappa shape index (κ3) is 5.09. The van der Waals surface area contributed by atoms with E-state index in [2.05, 4.69) is 20.5 Å². The quantitative estimate of drug-likeness (QED) is 0.360. The van der Waals surface area contributed by atoms with E-state index in [9.17, 15) is 4.79 Å². The molecule has 2 N–H and O–H groups in total. The van der Waals surface area contributed by atoms with Gasteiger partial charge in [-0.15, -0.1) is 22.7 Å². The summed E-state index contributed by atoms with van der Waals surface area (Å²) in [5, 5.41) is 13.1. The fraction of sp³-hybridized carbons (Fsp3) is 0.238. The number of amides is 1. The summed E-state index contributed by atoms with van der Waals surface area (Å²) in [7, 11) is 0. The highest BCUT2D eigenvalue weighted by molar-refractivity contribution is 7.71. The van der Waals surface area contributed by atoms with Gasteiger partial charge in [0, 0.05) is 15.8 Å². The van der Waals surface area contributed by atoms with Crippen LogP contribution in [0.4, 0.5) is 0 Å². The molecule has 1 aromatic carbocycles. The third-order valence-corrected chi connectivity index (χ3v) is 6.67. The number of thiazole rings is 1. The second-order valence-corrected chi connectivity index (χ2v) is 9.31. The van der Waals surface area contributed by atoms with Gasteiger partial charge in [0.05, 0.1) is 28.7 Å². The molecule has 0 bridgehead atoms. The number of aryl methyl sites for hydroxylation is 1. The topological polar surface area (TPSA) is 84.8 Å². The lowest BCUT2D eigenvalue weighted by atomic mass is 10.2. The number of nitrogens with zero attached hydrogens (tertiary/aromatic N) is 3. The van der Waals surface area contributed by atoms with Crippen molar-refractivity contribution in [1.82, 2.24) is 25.1 Å². The highest BCUT2D eigenvalue weighted by Gasteiger charge is 2.13. The molecule has 31 heavy (non-hydrogen) atoms. The Bertz CT molecular complexity index is 1240. The molecule has 7 nitrogen and oxygen atoms in total. The number of carbonyl (C=O) groups excluding carboxylic acids is 1. The van der Waals surface area contributed by atoms with Gasteiger partial charge in [0.1, 0.15) is 12.3 Å². The van der Waals surface area contributed by atoms with E-state index in [1.54, 1.807) is 27.2 Å². The van der Waals surface area contributed by atoms with Gasteiger partial charge in [-0.25, -0.2) is 4.98 Å². The Balaban J connectivity index is 1.41. The lowest BCUT2D eigenvalue weighted by molar-refractivity contribution is -0.121. The molecule has 3 aromatic heterocycles. The number of thiophene rings is 1. The number of carbonyl (C=O) groups is 1. The summed E-state index contributed by atoms with van der Waals surface area (Å²) in [5.74, 6) is 1.26. The van der Waals surface area contributed by atoms with E-state index >= 15 is 0 Å². The molecule has 0 fully saturated rings. The molecule has 10 heteroatoms. The Morgan fingerprint density at radius 2 is 2.06 bits per heavy atom. The van der Waals surface area contributed by atoms with Gasteiger partial charge in [-0.1, -0.05) is 0 Å². The van der Waals surface area contributed by atoms with Crippen LogP contribution in [-0.2, 0) is 17.9 Å². The number of benzene rings is 1. The number of H-pyrrole nitrogens is 1. The zero-order chi connectivity index (χ0) is 21.8. The van der Waals surface area contributed by atoms with Crippen molar-refractivity contribution in [2.45, 2.75) is 26.9 Å². The highest BCUT2D eigenvalue weighted by atomic mass is 32.1. The molecular weight excluding hydrogens is 450 g/mol. The molecule has 0 spiro atoms. The fourth-order valence-corrected chi connectivity index (χ4v) is 4.82. The normalized spacial score (nSPS) is 10.9. The van der Waals surface area contributed by atoms with E-state index in [0.717, 1.165) is 31.8 Å². The van der Waals surface area contributed by atoms with Crippen LogP contribution in [0, 0.1) is 11.7 Å². The minimum atomic E-state index is -0.135. The first-order valence-electron chi connectivity index (χ1n) is 9.70. The van der Waals surface area contributed by atoms with Crippen LogP contribution in [0.25, 0.3) is 22.0 Å². The molecule has 0 aliphatic rings. The number of aromatic nitrogens is 4. The Kier molecular flexibility index (Phi) is 6.59. The van der Waals surface area contributed by atoms with Crippen molar-refractivity contribution in [2.24, 2.45) is 0 Å². The van der Waals surface area contributed by atoms with Gasteiger partial charge in [0.25, 0.3) is 0 Å². The van der Waals surface area contributed by atoms with Crippen molar-refractivity contribution >= 4 is 40.8 Å².